The molecule has 1 aromatic carbocycles. The standard InChI is InChI=1S/C15H14OS/c1-12(16)15-9-5-8-14(17-15)11-10-13-6-3-2-4-7-13/h2-4,6-9,12,16H,5H2,1H3. The summed E-state index contributed by atoms with van der Waals surface area (Å²) in [5, 5.41) is 9.52. The molecule has 1 atom stereocenters. The lowest BCUT2D eigenvalue weighted by atomic mass is 10.2. The minimum Gasteiger partial charge on any atom is -0.388 e. The highest BCUT2D eigenvalue weighted by atomic mass is 32.2. The molecule has 86 valence electrons. The first kappa shape index (κ1) is 12.0. The number of aliphatic hydroxyl groups excluding tert-OH is 1. The van der Waals surface area contributed by atoms with Gasteiger partial charge in [-0.3, -0.25) is 0 Å². The molecule has 0 radical (unpaired) electrons. The van der Waals surface area contributed by atoms with Crippen molar-refractivity contribution in [1.82, 2.24) is 0 Å². The fourth-order valence-electron chi connectivity index (χ4n) is 1.48. The van der Waals surface area contributed by atoms with Gasteiger partial charge in [-0.15, -0.1) is 0 Å². The Labute approximate surface area is 106 Å². The highest BCUT2D eigenvalue weighted by Crippen LogP contribution is 2.31. The Bertz CT molecular complexity index is 501. The molecule has 1 aliphatic heterocycles. The van der Waals surface area contributed by atoms with Crippen LogP contribution in [-0.4, -0.2) is 11.2 Å². The first-order valence-electron chi connectivity index (χ1n) is 5.59. The Balaban J connectivity index is 2.07. The topological polar surface area (TPSA) is 20.2 Å². The second-order valence-corrected chi connectivity index (χ2v) is 4.92. The highest BCUT2D eigenvalue weighted by molar-refractivity contribution is 8.07. The fraction of sp³-hybridized carbons (Fsp3) is 0.200. The van der Waals surface area contributed by atoms with E-state index in [9.17, 15) is 5.11 Å². The largest absolute Gasteiger partial charge is 0.388 e. The van der Waals surface area contributed by atoms with Gasteiger partial charge in [0.05, 0.1) is 11.0 Å². The van der Waals surface area contributed by atoms with Crippen molar-refractivity contribution >= 4 is 11.8 Å². The summed E-state index contributed by atoms with van der Waals surface area (Å²) in [5.74, 6) is 6.27. The van der Waals surface area contributed by atoms with Crippen molar-refractivity contribution in [2.75, 3.05) is 0 Å². The molecule has 0 amide bonds. The van der Waals surface area contributed by atoms with Gasteiger partial charge in [-0.2, -0.15) is 0 Å². The van der Waals surface area contributed by atoms with Crippen molar-refractivity contribution in [3.05, 3.63) is 57.9 Å². The zero-order chi connectivity index (χ0) is 12.1. The van der Waals surface area contributed by atoms with Crippen molar-refractivity contribution in [2.24, 2.45) is 0 Å². The maximum atomic E-state index is 9.52. The van der Waals surface area contributed by atoms with E-state index in [1.54, 1.807) is 18.7 Å². The predicted octanol–water partition coefficient (Wildman–Crippen LogP) is 3.32. The van der Waals surface area contributed by atoms with Crippen LogP contribution in [0, 0.1) is 11.8 Å². The van der Waals surface area contributed by atoms with Crippen molar-refractivity contribution in [1.29, 1.82) is 0 Å². The van der Waals surface area contributed by atoms with Crippen LogP contribution in [0.25, 0.3) is 0 Å². The lowest BCUT2D eigenvalue weighted by Crippen LogP contribution is -2.03. The quantitative estimate of drug-likeness (QED) is 0.762. The normalized spacial score (nSPS) is 16.4. The van der Waals surface area contributed by atoms with Gasteiger partial charge in [0.15, 0.2) is 0 Å². The lowest BCUT2D eigenvalue weighted by Gasteiger charge is -2.12. The molecule has 1 heterocycles. The van der Waals surface area contributed by atoms with Crippen LogP contribution >= 0.6 is 11.8 Å². The van der Waals surface area contributed by atoms with E-state index in [4.69, 9.17) is 0 Å². The van der Waals surface area contributed by atoms with Gasteiger partial charge in [0.2, 0.25) is 0 Å². The maximum absolute atomic E-state index is 9.52. The summed E-state index contributed by atoms with van der Waals surface area (Å²) in [5.41, 5.74) is 1.02. The fourth-order valence-corrected chi connectivity index (χ4v) is 2.37. The SMILES string of the molecule is CC(O)C1=CCC=C(C#Cc2ccccc2)S1. The molecule has 0 aliphatic carbocycles. The predicted molar refractivity (Wildman–Crippen MR) is 73.4 cm³/mol. The van der Waals surface area contributed by atoms with Crippen LogP contribution < -0.4 is 0 Å². The zero-order valence-corrected chi connectivity index (χ0v) is 10.5. The van der Waals surface area contributed by atoms with Crippen LogP contribution in [-0.2, 0) is 0 Å². The number of hydrogen-bond donors (Lipinski definition) is 1. The number of thioether (sulfide) groups is 1. The van der Waals surface area contributed by atoms with Crippen LogP contribution in [0.5, 0.6) is 0 Å². The van der Waals surface area contributed by atoms with Crippen molar-refractivity contribution in [3.8, 4) is 11.8 Å². The molecule has 2 rings (SSSR count). The van der Waals surface area contributed by atoms with Gasteiger partial charge in [-0.05, 0) is 25.5 Å². The number of hydrogen-bond acceptors (Lipinski definition) is 2. The van der Waals surface area contributed by atoms with Crippen LogP contribution in [0.15, 0.2) is 52.3 Å². The first-order valence-corrected chi connectivity index (χ1v) is 6.40. The summed E-state index contributed by atoms with van der Waals surface area (Å²) < 4.78 is 0. The van der Waals surface area contributed by atoms with Crippen LogP contribution in [0.4, 0.5) is 0 Å². The molecular weight excluding hydrogens is 228 g/mol. The number of allylic oxidation sites excluding steroid dienone is 3. The average Bonchev–Trinajstić information content (AvgIpc) is 2.38. The summed E-state index contributed by atoms with van der Waals surface area (Å²) in [6, 6.07) is 9.92. The molecule has 1 nitrogen and oxygen atoms in total. The van der Waals surface area contributed by atoms with Crippen molar-refractivity contribution in [3.63, 3.8) is 0 Å². The molecule has 17 heavy (non-hydrogen) atoms. The van der Waals surface area contributed by atoms with Gasteiger partial charge in [-0.25, -0.2) is 0 Å². The van der Waals surface area contributed by atoms with Crippen molar-refractivity contribution < 1.29 is 5.11 Å². The Hall–Kier alpha value is -1.43. The summed E-state index contributed by atoms with van der Waals surface area (Å²) in [7, 11) is 0. The molecule has 0 spiro atoms. The van der Waals surface area contributed by atoms with Crippen molar-refractivity contribution in [2.45, 2.75) is 19.4 Å². The summed E-state index contributed by atoms with van der Waals surface area (Å²) in [4.78, 5) is 2.01. The average molecular weight is 242 g/mol. The van der Waals surface area contributed by atoms with Gasteiger partial charge < -0.3 is 5.11 Å². The minimum absolute atomic E-state index is 0.401. The second-order valence-electron chi connectivity index (χ2n) is 3.80. The molecule has 1 aromatic rings. The van der Waals surface area contributed by atoms with E-state index in [1.807, 2.05) is 36.4 Å². The van der Waals surface area contributed by atoms with Crippen LogP contribution in [0.3, 0.4) is 0 Å². The molecule has 1 N–H and O–H groups in total. The van der Waals surface area contributed by atoms with E-state index in [0.717, 1.165) is 21.8 Å². The molecule has 1 unspecified atom stereocenters. The molecule has 2 heteroatoms. The Kier molecular flexibility index (Phi) is 4.08. The second kappa shape index (κ2) is 5.77. The molecule has 1 aliphatic rings. The van der Waals surface area contributed by atoms with Gasteiger partial charge in [0.1, 0.15) is 0 Å². The number of aliphatic hydroxyl groups is 1. The van der Waals surface area contributed by atoms with Gasteiger partial charge in [-0.1, -0.05) is 54.0 Å². The molecule has 0 bridgehead atoms. The van der Waals surface area contributed by atoms with E-state index in [1.165, 1.54) is 0 Å². The number of rotatable bonds is 1. The third-order valence-corrected chi connectivity index (χ3v) is 3.60. The third-order valence-electron chi connectivity index (χ3n) is 2.37. The smallest absolute Gasteiger partial charge is 0.0820 e. The zero-order valence-electron chi connectivity index (χ0n) is 9.68. The van der Waals surface area contributed by atoms with E-state index in [0.29, 0.717) is 0 Å². The summed E-state index contributed by atoms with van der Waals surface area (Å²) in [6.45, 7) is 1.78. The monoisotopic (exact) mass is 242 g/mol. The van der Waals surface area contributed by atoms with E-state index in [-0.39, 0.29) is 0 Å². The van der Waals surface area contributed by atoms with Crippen LogP contribution in [0.2, 0.25) is 0 Å². The lowest BCUT2D eigenvalue weighted by molar-refractivity contribution is 0.240. The highest BCUT2D eigenvalue weighted by Gasteiger charge is 2.10. The van der Waals surface area contributed by atoms with Gasteiger partial charge in [0.25, 0.3) is 0 Å². The molecular formula is C15H14OS. The van der Waals surface area contributed by atoms with Crippen LogP contribution in [0.1, 0.15) is 18.9 Å². The Morgan fingerprint density at radius 1 is 1.18 bits per heavy atom. The molecule has 0 fully saturated rings. The summed E-state index contributed by atoms with van der Waals surface area (Å²) >= 11 is 1.56. The Morgan fingerprint density at radius 3 is 2.65 bits per heavy atom. The van der Waals surface area contributed by atoms with E-state index < -0.39 is 6.10 Å². The van der Waals surface area contributed by atoms with E-state index >= 15 is 0 Å². The molecule has 0 saturated carbocycles. The maximum Gasteiger partial charge on any atom is 0.0820 e. The number of benzene rings is 1. The van der Waals surface area contributed by atoms with E-state index in [2.05, 4.69) is 17.9 Å². The Morgan fingerprint density at radius 2 is 1.94 bits per heavy atom. The summed E-state index contributed by atoms with van der Waals surface area (Å²) in [6.07, 6.45) is 4.59. The van der Waals surface area contributed by atoms with Gasteiger partial charge >= 0.3 is 0 Å². The first-order chi connectivity index (χ1) is 8.25. The molecule has 0 saturated heterocycles. The van der Waals surface area contributed by atoms with Gasteiger partial charge in [0, 0.05) is 10.5 Å². The molecule has 0 aromatic heterocycles. The third kappa shape index (κ3) is 3.52. The minimum atomic E-state index is -0.401.